The Hall–Kier alpha value is -1.24. The predicted octanol–water partition coefficient (Wildman–Crippen LogP) is 5.90. The Morgan fingerprint density at radius 1 is 1.32 bits per heavy atom. The molecule has 2 aliphatic carbocycles. The van der Waals surface area contributed by atoms with Gasteiger partial charge in [-0.05, 0) is 48.0 Å². The van der Waals surface area contributed by atoms with Crippen molar-refractivity contribution in [2.75, 3.05) is 0 Å². The molecule has 2 aliphatic rings. The Morgan fingerprint density at radius 2 is 2.00 bits per heavy atom. The van der Waals surface area contributed by atoms with E-state index in [1.54, 1.807) is 5.57 Å². The summed E-state index contributed by atoms with van der Waals surface area (Å²) in [6.45, 7) is 16.1. The molecule has 122 valence electrons. The maximum absolute atomic E-state index is 6.41. The van der Waals surface area contributed by atoms with Crippen LogP contribution in [0.2, 0.25) is 0 Å². The van der Waals surface area contributed by atoms with Crippen LogP contribution in [-0.4, -0.2) is 0 Å². The summed E-state index contributed by atoms with van der Waals surface area (Å²) in [7, 11) is 0. The lowest BCUT2D eigenvalue weighted by molar-refractivity contribution is 0.121. The average Bonchev–Trinajstić information content (AvgIpc) is 2.43. The van der Waals surface area contributed by atoms with E-state index in [9.17, 15) is 0 Å². The summed E-state index contributed by atoms with van der Waals surface area (Å²) < 4.78 is 0. The van der Waals surface area contributed by atoms with E-state index < -0.39 is 0 Å². The van der Waals surface area contributed by atoms with Gasteiger partial charge in [-0.3, -0.25) is 0 Å². The molecule has 2 N–H and O–H groups in total. The molecular formula is C21H33N. The molecule has 1 unspecified atom stereocenters. The van der Waals surface area contributed by atoms with Gasteiger partial charge in [-0.2, -0.15) is 0 Å². The van der Waals surface area contributed by atoms with Gasteiger partial charge < -0.3 is 5.73 Å². The third kappa shape index (κ3) is 3.09. The van der Waals surface area contributed by atoms with E-state index in [1.165, 1.54) is 24.8 Å². The van der Waals surface area contributed by atoms with Crippen LogP contribution in [-0.2, 0) is 0 Å². The van der Waals surface area contributed by atoms with Gasteiger partial charge in [0.15, 0.2) is 0 Å². The zero-order valence-electron chi connectivity index (χ0n) is 15.1. The van der Waals surface area contributed by atoms with Crippen molar-refractivity contribution >= 4 is 0 Å². The van der Waals surface area contributed by atoms with Crippen molar-refractivity contribution in [2.24, 2.45) is 22.5 Å². The van der Waals surface area contributed by atoms with E-state index in [2.05, 4.69) is 59.4 Å². The second-order valence-corrected chi connectivity index (χ2v) is 8.33. The molecule has 1 saturated carbocycles. The fraction of sp³-hybridized carbons (Fsp3) is 0.619. The number of nitrogens with two attached hydrogens (primary N) is 1. The van der Waals surface area contributed by atoms with Gasteiger partial charge in [-0.1, -0.05) is 71.4 Å². The lowest BCUT2D eigenvalue weighted by Gasteiger charge is -2.51. The number of hydrogen-bond acceptors (Lipinski definition) is 1. The quantitative estimate of drug-likeness (QED) is 0.642. The van der Waals surface area contributed by atoms with Crippen molar-refractivity contribution in [3.8, 4) is 0 Å². The topological polar surface area (TPSA) is 26.0 Å². The van der Waals surface area contributed by atoms with Gasteiger partial charge in [0.2, 0.25) is 0 Å². The molecule has 0 aromatic rings. The van der Waals surface area contributed by atoms with Crippen LogP contribution < -0.4 is 5.73 Å². The minimum absolute atomic E-state index is 0.218. The molecule has 0 aromatic heterocycles. The van der Waals surface area contributed by atoms with Gasteiger partial charge in [0.1, 0.15) is 0 Å². The summed E-state index contributed by atoms with van der Waals surface area (Å²) in [6.07, 6.45) is 12.5. The number of allylic oxidation sites excluding steroid dienone is 5. The number of rotatable bonds is 4. The molecule has 1 nitrogen and oxygen atoms in total. The third-order valence-electron chi connectivity index (χ3n) is 5.64. The zero-order valence-corrected chi connectivity index (χ0v) is 15.1. The molecule has 0 aromatic carbocycles. The molecule has 0 aliphatic heterocycles. The van der Waals surface area contributed by atoms with Gasteiger partial charge in [-0.15, -0.1) is 0 Å². The smallest absolute Gasteiger partial charge is 0.0353 e. The normalized spacial score (nSPS) is 26.8. The number of unbranched alkanes of at least 4 members (excludes halogenated alkanes) is 1. The Morgan fingerprint density at radius 3 is 2.64 bits per heavy atom. The standard InChI is InChI=1S/C21H33N/c1-7-8-9-10-15(2)18-17(22)12-11-16-19(18)21(5,6)14-13-20(16,3)4/h9-10,12,16H,2,7-8,11,13-14,22H2,1,3-6H3/b10-9-. The summed E-state index contributed by atoms with van der Waals surface area (Å²) in [6, 6.07) is 0. The van der Waals surface area contributed by atoms with Crippen LogP contribution >= 0.6 is 0 Å². The van der Waals surface area contributed by atoms with Crippen LogP contribution in [0.3, 0.4) is 0 Å². The lowest BCUT2D eigenvalue weighted by atomic mass is 9.54. The molecule has 1 fully saturated rings. The predicted molar refractivity (Wildman–Crippen MR) is 97.4 cm³/mol. The average molecular weight is 300 g/mol. The van der Waals surface area contributed by atoms with Crippen LogP contribution in [0.1, 0.15) is 66.7 Å². The summed E-state index contributed by atoms with van der Waals surface area (Å²) in [5.41, 5.74) is 11.8. The second kappa shape index (κ2) is 6.10. The minimum Gasteiger partial charge on any atom is -0.398 e. The zero-order chi connectivity index (χ0) is 16.5. The Bertz CT molecular complexity index is 540. The van der Waals surface area contributed by atoms with E-state index in [4.69, 9.17) is 5.73 Å². The maximum atomic E-state index is 6.41. The Labute approximate surface area is 137 Å². The van der Waals surface area contributed by atoms with Crippen molar-refractivity contribution in [1.29, 1.82) is 0 Å². The van der Waals surface area contributed by atoms with Crippen LogP contribution in [0.5, 0.6) is 0 Å². The Balaban J connectivity index is 2.51. The van der Waals surface area contributed by atoms with Crippen molar-refractivity contribution in [3.05, 3.63) is 47.2 Å². The molecule has 22 heavy (non-hydrogen) atoms. The molecule has 1 heteroatoms. The highest BCUT2D eigenvalue weighted by Gasteiger charge is 2.46. The van der Waals surface area contributed by atoms with E-state index in [-0.39, 0.29) is 5.41 Å². The van der Waals surface area contributed by atoms with E-state index in [0.717, 1.165) is 24.1 Å². The molecule has 1 atom stereocenters. The summed E-state index contributed by atoms with van der Waals surface area (Å²) >= 11 is 0. The summed E-state index contributed by atoms with van der Waals surface area (Å²) in [4.78, 5) is 0. The fourth-order valence-electron chi connectivity index (χ4n) is 4.09. The molecule has 0 radical (unpaired) electrons. The maximum Gasteiger partial charge on any atom is 0.0353 e. The molecule has 0 heterocycles. The molecule has 0 saturated heterocycles. The monoisotopic (exact) mass is 299 g/mol. The second-order valence-electron chi connectivity index (χ2n) is 8.33. The van der Waals surface area contributed by atoms with E-state index >= 15 is 0 Å². The first-order chi connectivity index (χ1) is 10.2. The van der Waals surface area contributed by atoms with Gasteiger partial charge in [0.25, 0.3) is 0 Å². The largest absolute Gasteiger partial charge is 0.398 e. The highest BCUT2D eigenvalue weighted by atomic mass is 14.6. The lowest BCUT2D eigenvalue weighted by Crippen LogP contribution is -2.41. The van der Waals surface area contributed by atoms with Gasteiger partial charge in [0.05, 0.1) is 0 Å². The van der Waals surface area contributed by atoms with Crippen molar-refractivity contribution in [3.63, 3.8) is 0 Å². The van der Waals surface area contributed by atoms with Gasteiger partial charge >= 0.3 is 0 Å². The summed E-state index contributed by atoms with van der Waals surface area (Å²) in [5.74, 6) is 0.592. The number of hydrogen-bond donors (Lipinski definition) is 1. The van der Waals surface area contributed by atoms with Crippen molar-refractivity contribution in [2.45, 2.75) is 66.7 Å². The summed E-state index contributed by atoms with van der Waals surface area (Å²) in [5, 5.41) is 0. The molecule has 0 amide bonds. The number of fused-ring (bicyclic) bond motifs is 1. The highest BCUT2D eigenvalue weighted by molar-refractivity contribution is 5.56. The molecule has 0 spiro atoms. The van der Waals surface area contributed by atoms with Crippen LogP contribution in [0.4, 0.5) is 0 Å². The molecule has 2 rings (SSSR count). The first-order valence-corrected chi connectivity index (χ1v) is 8.77. The van der Waals surface area contributed by atoms with E-state index in [1.807, 2.05) is 0 Å². The van der Waals surface area contributed by atoms with E-state index in [0.29, 0.717) is 11.3 Å². The molecular weight excluding hydrogens is 266 g/mol. The van der Waals surface area contributed by atoms with Crippen molar-refractivity contribution < 1.29 is 0 Å². The highest BCUT2D eigenvalue weighted by Crippen LogP contribution is 2.57. The first-order valence-electron chi connectivity index (χ1n) is 8.77. The first kappa shape index (κ1) is 17.1. The fourth-order valence-corrected chi connectivity index (χ4v) is 4.09. The van der Waals surface area contributed by atoms with Crippen LogP contribution in [0, 0.1) is 16.7 Å². The SMILES string of the molecule is C=C(/C=C\CCC)C1=C2C(CC=C1N)C(C)(C)CCC2(C)C. The molecule has 0 bridgehead atoms. The third-order valence-corrected chi connectivity index (χ3v) is 5.64. The Kier molecular flexibility index (Phi) is 4.75. The van der Waals surface area contributed by atoms with Gasteiger partial charge in [-0.25, -0.2) is 0 Å². The van der Waals surface area contributed by atoms with Crippen LogP contribution in [0.15, 0.2) is 47.2 Å². The van der Waals surface area contributed by atoms with Gasteiger partial charge in [0, 0.05) is 11.3 Å². The van der Waals surface area contributed by atoms with Crippen LogP contribution in [0.25, 0.3) is 0 Å². The minimum atomic E-state index is 0.218. The van der Waals surface area contributed by atoms with Crippen molar-refractivity contribution in [1.82, 2.24) is 0 Å².